The summed E-state index contributed by atoms with van der Waals surface area (Å²) in [6.07, 6.45) is 1.44. The third-order valence-electron chi connectivity index (χ3n) is 6.17. The van der Waals surface area contributed by atoms with Crippen LogP contribution in [0.3, 0.4) is 0 Å². The second kappa shape index (κ2) is 7.73. The Morgan fingerprint density at radius 2 is 1.59 bits per heavy atom. The van der Waals surface area contributed by atoms with E-state index in [-0.39, 0.29) is 5.82 Å². The van der Waals surface area contributed by atoms with Crippen LogP contribution in [-0.4, -0.2) is 32.9 Å². The Labute approximate surface area is 171 Å². The lowest BCUT2D eigenvalue weighted by Gasteiger charge is -2.38. The molecule has 0 saturated carbocycles. The summed E-state index contributed by atoms with van der Waals surface area (Å²) >= 11 is 0. The summed E-state index contributed by atoms with van der Waals surface area (Å²) in [5.41, 5.74) is 5.62. The Kier molecular flexibility index (Phi) is 5.28. The molecule has 1 N–H and O–H groups in total. The van der Waals surface area contributed by atoms with Gasteiger partial charge in [0.05, 0.1) is 17.0 Å². The Bertz CT molecular complexity index is 984. The number of hydrogen-bond donors (Lipinski definition) is 1. The largest absolute Gasteiger partial charge is 0.385 e. The van der Waals surface area contributed by atoms with Crippen molar-refractivity contribution in [2.45, 2.75) is 45.8 Å². The number of piperidine rings is 1. The first-order valence-corrected chi connectivity index (χ1v) is 10.2. The normalized spacial score (nSPS) is 16.9. The predicted molar refractivity (Wildman–Crippen MR) is 113 cm³/mol. The fourth-order valence-corrected chi connectivity index (χ4v) is 4.19. The molecule has 1 fully saturated rings. The van der Waals surface area contributed by atoms with Crippen molar-refractivity contribution in [3.8, 4) is 5.69 Å². The van der Waals surface area contributed by atoms with Crippen molar-refractivity contribution in [2.75, 3.05) is 13.1 Å². The summed E-state index contributed by atoms with van der Waals surface area (Å²) in [5, 5.41) is 15.8. The van der Waals surface area contributed by atoms with Crippen LogP contribution in [0.2, 0.25) is 0 Å². The molecular formula is C24H28FN3O. The first-order valence-electron chi connectivity index (χ1n) is 10.2. The van der Waals surface area contributed by atoms with E-state index in [9.17, 15) is 9.50 Å². The molecule has 0 spiro atoms. The average Bonchev–Trinajstić information content (AvgIpc) is 2.99. The molecule has 1 aliphatic rings. The Morgan fingerprint density at radius 3 is 2.21 bits per heavy atom. The van der Waals surface area contributed by atoms with Crippen molar-refractivity contribution in [2.24, 2.45) is 0 Å². The lowest BCUT2D eigenvalue weighted by molar-refractivity contribution is -0.0278. The van der Waals surface area contributed by atoms with Crippen LogP contribution in [0.4, 0.5) is 4.39 Å². The van der Waals surface area contributed by atoms with E-state index in [4.69, 9.17) is 0 Å². The highest BCUT2D eigenvalue weighted by Crippen LogP contribution is 2.34. The molecule has 1 aromatic heterocycles. The van der Waals surface area contributed by atoms with Crippen molar-refractivity contribution in [1.29, 1.82) is 0 Å². The van der Waals surface area contributed by atoms with E-state index < -0.39 is 5.60 Å². The second-order valence-electron chi connectivity index (χ2n) is 8.21. The van der Waals surface area contributed by atoms with Gasteiger partial charge in [0, 0.05) is 30.9 Å². The molecule has 5 heteroatoms. The SMILES string of the molecule is Cc1ccc(C2(O)CCN(Cc3c(C)nn(-c4ccc(F)cc4)c3C)CC2)cc1. The zero-order valence-electron chi connectivity index (χ0n) is 17.3. The average molecular weight is 394 g/mol. The standard InChI is InChI=1S/C24H28FN3O/c1-17-4-6-20(7-5-17)24(29)12-14-27(15-13-24)16-23-18(2)26-28(19(23)3)22-10-8-21(25)9-11-22/h4-11,29H,12-16H2,1-3H3. The number of likely N-dealkylation sites (tertiary alicyclic amines) is 1. The number of rotatable bonds is 4. The van der Waals surface area contributed by atoms with Gasteiger partial charge >= 0.3 is 0 Å². The van der Waals surface area contributed by atoms with Crippen LogP contribution >= 0.6 is 0 Å². The summed E-state index contributed by atoms with van der Waals surface area (Å²) in [7, 11) is 0. The minimum Gasteiger partial charge on any atom is -0.385 e. The number of aromatic nitrogens is 2. The maximum atomic E-state index is 13.2. The van der Waals surface area contributed by atoms with E-state index >= 15 is 0 Å². The second-order valence-corrected chi connectivity index (χ2v) is 8.21. The topological polar surface area (TPSA) is 41.3 Å². The molecule has 2 aromatic carbocycles. The number of aryl methyl sites for hydroxylation is 2. The molecule has 0 aliphatic carbocycles. The Balaban J connectivity index is 1.47. The molecule has 152 valence electrons. The summed E-state index contributed by atoms with van der Waals surface area (Å²) < 4.78 is 15.1. The smallest absolute Gasteiger partial charge is 0.123 e. The highest BCUT2D eigenvalue weighted by Gasteiger charge is 2.34. The van der Waals surface area contributed by atoms with E-state index in [1.54, 1.807) is 12.1 Å². The molecule has 0 atom stereocenters. The molecular weight excluding hydrogens is 365 g/mol. The van der Waals surface area contributed by atoms with Crippen LogP contribution in [0.1, 0.15) is 40.9 Å². The molecule has 4 nitrogen and oxygen atoms in total. The van der Waals surface area contributed by atoms with Crippen molar-refractivity contribution in [3.63, 3.8) is 0 Å². The third-order valence-corrected chi connectivity index (χ3v) is 6.17. The Morgan fingerprint density at radius 1 is 0.966 bits per heavy atom. The molecule has 1 saturated heterocycles. The lowest BCUT2D eigenvalue weighted by atomic mass is 9.84. The molecule has 2 heterocycles. The lowest BCUT2D eigenvalue weighted by Crippen LogP contribution is -2.42. The number of benzene rings is 2. The monoisotopic (exact) mass is 393 g/mol. The minimum atomic E-state index is -0.743. The molecule has 4 rings (SSSR count). The molecule has 0 unspecified atom stereocenters. The summed E-state index contributed by atoms with van der Waals surface area (Å²) in [5.74, 6) is -0.245. The van der Waals surface area contributed by atoms with Gasteiger partial charge in [0.25, 0.3) is 0 Å². The van der Waals surface area contributed by atoms with Crippen molar-refractivity contribution < 1.29 is 9.50 Å². The van der Waals surface area contributed by atoms with Gasteiger partial charge in [-0.3, -0.25) is 4.90 Å². The van der Waals surface area contributed by atoms with Gasteiger partial charge in [-0.25, -0.2) is 9.07 Å². The molecule has 0 radical (unpaired) electrons. The first kappa shape index (κ1) is 19.8. The van der Waals surface area contributed by atoms with Crippen LogP contribution in [0.5, 0.6) is 0 Å². The number of hydrogen-bond acceptors (Lipinski definition) is 3. The molecule has 3 aromatic rings. The fraction of sp³-hybridized carbons (Fsp3) is 0.375. The van der Waals surface area contributed by atoms with Crippen molar-refractivity contribution in [3.05, 3.63) is 82.4 Å². The van der Waals surface area contributed by atoms with Gasteiger partial charge in [-0.05, 0) is 63.4 Å². The van der Waals surface area contributed by atoms with Crippen LogP contribution in [0.15, 0.2) is 48.5 Å². The summed E-state index contributed by atoms with van der Waals surface area (Å²) in [6.45, 7) is 8.63. The summed E-state index contributed by atoms with van der Waals surface area (Å²) in [6, 6.07) is 14.6. The number of halogens is 1. The van der Waals surface area contributed by atoms with Crippen LogP contribution in [0, 0.1) is 26.6 Å². The van der Waals surface area contributed by atoms with Crippen LogP contribution in [-0.2, 0) is 12.1 Å². The van der Waals surface area contributed by atoms with Crippen LogP contribution in [0.25, 0.3) is 5.69 Å². The van der Waals surface area contributed by atoms with E-state index in [0.717, 1.165) is 55.1 Å². The highest BCUT2D eigenvalue weighted by molar-refractivity contribution is 5.37. The van der Waals surface area contributed by atoms with Gasteiger partial charge < -0.3 is 5.11 Å². The molecule has 0 bridgehead atoms. The molecule has 29 heavy (non-hydrogen) atoms. The van der Waals surface area contributed by atoms with E-state index in [1.807, 2.05) is 23.7 Å². The zero-order valence-corrected chi connectivity index (χ0v) is 17.3. The quantitative estimate of drug-likeness (QED) is 0.713. The summed E-state index contributed by atoms with van der Waals surface area (Å²) in [4.78, 5) is 2.38. The van der Waals surface area contributed by atoms with Gasteiger partial charge in [0.15, 0.2) is 0 Å². The predicted octanol–water partition coefficient (Wildman–Crippen LogP) is 4.42. The van der Waals surface area contributed by atoms with Gasteiger partial charge in [-0.1, -0.05) is 29.8 Å². The maximum Gasteiger partial charge on any atom is 0.123 e. The number of nitrogens with zero attached hydrogens (tertiary/aromatic N) is 3. The highest BCUT2D eigenvalue weighted by atomic mass is 19.1. The van der Waals surface area contributed by atoms with E-state index in [2.05, 4.69) is 36.0 Å². The van der Waals surface area contributed by atoms with Gasteiger partial charge in [0.2, 0.25) is 0 Å². The van der Waals surface area contributed by atoms with Gasteiger partial charge in [-0.15, -0.1) is 0 Å². The first-order chi connectivity index (χ1) is 13.9. The molecule has 1 aliphatic heterocycles. The Hall–Kier alpha value is -2.50. The fourth-order valence-electron chi connectivity index (χ4n) is 4.19. The molecule has 0 amide bonds. The van der Waals surface area contributed by atoms with E-state index in [1.165, 1.54) is 23.3 Å². The number of aliphatic hydroxyl groups is 1. The maximum absolute atomic E-state index is 13.2. The van der Waals surface area contributed by atoms with Crippen LogP contribution < -0.4 is 0 Å². The van der Waals surface area contributed by atoms with Crippen molar-refractivity contribution >= 4 is 0 Å². The third kappa shape index (κ3) is 3.98. The van der Waals surface area contributed by atoms with Crippen molar-refractivity contribution in [1.82, 2.24) is 14.7 Å². The van der Waals surface area contributed by atoms with Gasteiger partial charge in [0.1, 0.15) is 5.82 Å². The minimum absolute atomic E-state index is 0.245. The zero-order chi connectivity index (χ0) is 20.6. The van der Waals surface area contributed by atoms with E-state index in [0.29, 0.717) is 0 Å². The van der Waals surface area contributed by atoms with Gasteiger partial charge in [-0.2, -0.15) is 5.10 Å².